The summed E-state index contributed by atoms with van der Waals surface area (Å²) in [5.41, 5.74) is 2.03. The van der Waals surface area contributed by atoms with Crippen LogP contribution in [0.2, 0.25) is 0 Å². The average Bonchev–Trinajstić information content (AvgIpc) is 3.22. The van der Waals surface area contributed by atoms with Gasteiger partial charge in [0.05, 0.1) is 17.6 Å². The number of nitrogens with zero attached hydrogens (tertiary/aromatic N) is 4. The van der Waals surface area contributed by atoms with Crippen LogP contribution in [0.25, 0.3) is 11.5 Å². The van der Waals surface area contributed by atoms with Gasteiger partial charge in [-0.25, -0.2) is 0 Å². The van der Waals surface area contributed by atoms with E-state index in [1.807, 2.05) is 24.3 Å². The number of aromatic nitrogens is 2. The van der Waals surface area contributed by atoms with E-state index in [2.05, 4.69) is 28.9 Å². The molecule has 0 spiro atoms. The number of non-ortho nitro benzene ring substituents is 1. The van der Waals surface area contributed by atoms with E-state index in [1.165, 1.54) is 23.9 Å². The third-order valence-corrected chi connectivity index (χ3v) is 5.04. The maximum absolute atomic E-state index is 10.8. The first-order valence-corrected chi connectivity index (χ1v) is 10.3. The smallest absolute Gasteiger partial charge is 0.276 e. The van der Waals surface area contributed by atoms with Gasteiger partial charge < -0.3 is 14.1 Å². The van der Waals surface area contributed by atoms with E-state index in [0.29, 0.717) is 29.2 Å². The summed E-state index contributed by atoms with van der Waals surface area (Å²) in [5.74, 6) is 1.50. The molecule has 1 heterocycles. The van der Waals surface area contributed by atoms with Gasteiger partial charge in [0.25, 0.3) is 10.9 Å². The minimum absolute atomic E-state index is 0.00343. The minimum Gasteiger partial charge on any atom is -0.492 e. The molecule has 2 aromatic carbocycles. The zero-order chi connectivity index (χ0) is 20.6. The molecule has 0 radical (unpaired) electrons. The molecule has 9 heteroatoms. The van der Waals surface area contributed by atoms with Crippen LogP contribution in [0.15, 0.2) is 58.2 Å². The topological polar surface area (TPSA) is 94.5 Å². The molecule has 0 fully saturated rings. The lowest BCUT2D eigenvalue weighted by atomic mass is 10.2. The number of anilines is 1. The van der Waals surface area contributed by atoms with E-state index in [4.69, 9.17) is 9.15 Å². The summed E-state index contributed by atoms with van der Waals surface area (Å²) in [5, 5.41) is 19.4. The molecule has 0 aliphatic rings. The highest BCUT2D eigenvalue weighted by molar-refractivity contribution is 7.99. The Balaban J connectivity index is 1.51. The summed E-state index contributed by atoms with van der Waals surface area (Å²) in [6.07, 6.45) is 0. The summed E-state index contributed by atoms with van der Waals surface area (Å²) in [7, 11) is 0. The van der Waals surface area contributed by atoms with Crippen molar-refractivity contribution in [2.24, 2.45) is 0 Å². The minimum atomic E-state index is -0.448. The van der Waals surface area contributed by atoms with E-state index in [9.17, 15) is 10.1 Å². The summed E-state index contributed by atoms with van der Waals surface area (Å²) < 4.78 is 11.3. The summed E-state index contributed by atoms with van der Waals surface area (Å²) in [4.78, 5) is 12.6. The molecule has 0 atom stereocenters. The van der Waals surface area contributed by atoms with Gasteiger partial charge in [-0.2, -0.15) is 0 Å². The van der Waals surface area contributed by atoms with Crippen molar-refractivity contribution in [3.8, 4) is 17.2 Å². The maximum Gasteiger partial charge on any atom is 0.276 e. The molecule has 0 bridgehead atoms. The second kappa shape index (κ2) is 9.92. The molecule has 1 aromatic heterocycles. The third-order valence-electron chi connectivity index (χ3n) is 4.26. The second-order valence-electron chi connectivity index (χ2n) is 6.04. The summed E-state index contributed by atoms with van der Waals surface area (Å²) >= 11 is 1.37. The van der Waals surface area contributed by atoms with E-state index in [-0.39, 0.29) is 5.69 Å². The van der Waals surface area contributed by atoms with Crippen LogP contribution in [-0.2, 0) is 0 Å². The van der Waals surface area contributed by atoms with E-state index in [1.54, 1.807) is 12.1 Å². The Morgan fingerprint density at radius 2 is 1.90 bits per heavy atom. The Labute approximate surface area is 173 Å². The SMILES string of the molecule is CCN(CC)c1ccc(-c2nnc(SCCOc3cccc([N+](=O)[O-])c3)o2)cc1. The van der Waals surface area contributed by atoms with Gasteiger partial charge in [-0.3, -0.25) is 10.1 Å². The maximum atomic E-state index is 10.8. The summed E-state index contributed by atoms with van der Waals surface area (Å²) in [6, 6.07) is 14.1. The molecule has 0 saturated heterocycles. The fourth-order valence-corrected chi connectivity index (χ4v) is 3.34. The van der Waals surface area contributed by atoms with Crippen LogP contribution in [0, 0.1) is 10.1 Å². The fraction of sp³-hybridized carbons (Fsp3) is 0.300. The molecule has 0 aliphatic heterocycles. The molecular formula is C20H22N4O4S. The Hall–Kier alpha value is -3.07. The molecule has 3 rings (SSSR count). The predicted octanol–water partition coefficient (Wildman–Crippen LogP) is 4.66. The van der Waals surface area contributed by atoms with Gasteiger partial charge in [0.1, 0.15) is 5.75 Å². The normalized spacial score (nSPS) is 10.7. The first kappa shape index (κ1) is 20.7. The first-order valence-electron chi connectivity index (χ1n) is 9.29. The lowest BCUT2D eigenvalue weighted by molar-refractivity contribution is -0.384. The van der Waals surface area contributed by atoms with Gasteiger partial charge in [-0.15, -0.1) is 10.2 Å². The molecule has 0 amide bonds. The molecule has 0 aliphatic carbocycles. The van der Waals surface area contributed by atoms with Crippen LogP contribution in [0.4, 0.5) is 11.4 Å². The Morgan fingerprint density at radius 1 is 1.14 bits per heavy atom. The number of nitro benzene ring substituents is 1. The van der Waals surface area contributed by atoms with E-state index >= 15 is 0 Å². The number of ether oxygens (including phenoxy) is 1. The number of benzene rings is 2. The number of hydrogen-bond acceptors (Lipinski definition) is 8. The summed E-state index contributed by atoms with van der Waals surface area (Å²) in [6.45, 7) is 6.52. The highest BCUT2D eigenvalue weighted by atomic mass is 32.2. The molecule has 8 nitrogen and oxygen atoms in total. The van der Waals surface area contributed by atoms with Gasteiger partial charge >= 0.3 is 0 Å². The van der Waals surface area contributed by atoms with Crippen molar-refractivity contribution < 1.29 is 14.1 Å². The lowest BCUT2D eigenvalue weighted by Gasteiger charge is -2.20. The first-order chi connectivity index (χ1) is 14.1. The van der Waals surface area contributed by atoms with Crippen LogP contribution in [0.1, 0.15) is 13.8 Å². The number of nitro groups is 1. The lowest BCUT2D eigenvalue weighted by Crippen LogP contribution is -2.21. The third kappa shape index (κ3) is 5.47. The van der Waals surface area contributed by atoms with Crippen LogP contribution in [0.3, 0.4) is 0 Å². The standard InChI is InChI=1S/C20H22N4O4S/c1-3-23(4-2)16-10-8-15(9-11-16)19-21-22-20(28-19)29-13-12-27-18-7-5-6-17(14-18)24(25)26/h5-11,14H,3-4,12-13H2,1-2H3. The van der Waals surface area contributed by atoms with Crippen LogP contribution < -0.4 is 9.64 Å². The largest absolute Gasteiger partial charge is 0.492 e. The number of thioether (sulfide) groups is 1. The fourth-order valence-electron chi connectivity index (χ4n) is 2.76. The zero-order valence-corrected chi connectivity index (χ0v) is 17.1. The van der Waals surface area contributed by atoms with Gasteiger partial charge in [-0.05, 0) is 44.2 Å². The van der Waals surface area contributed by atoms with Gasteiger partial charge in [0.2, 0.25) is 5.89 Å². The zero-order valence-electron chi connectivity index (χ0n) is 16.3. The quantitative estimate of drug-likeness (QED) is 0.205. The number of rotatable bonds is 10. The van der Waals surface area contributed by atoms with E-state index < -0.39 is 4.92 Å². The van der Waals surface area contributed by atoms with Crippen molar-refractivity contribution in [2.45, 2.75) is 19.1 Å². The molecule has 152 valence electrons. The molecule has 29 heavy (non-hydrogen) atoms. The van der Waals surface area contributed by atoms with Crippen molar-refractivity contribution in [2.75, 3.05) is 30.3 Å². The predicted molar refractivity (Wildman–Crippen MR) is 113 cm³/mol. The van der Waals surface area contributed by atoms with Gasteiger partial charge in [0.15, 0.2) is 0 Å². The Bertz CT molecular complexity index is 942. The second-order valence-corrected chi connectivity index (χ2v) is 7.09. The van der Waals surface area contributed by atoms with Crippen molar-refractivity contribution in [3.63, 3.8) is 0 Å². The highest BCUT2D eigenvalue weighted by Gasteiger charge is 2.11. The molecule has 0 saturated carbocycles. The van der Waals surface area contributed by atoms with Crippen LogP contribution >= 0.6 is 11.8 Å². The molecule has 3 aromatic rings. The molecule has 0 unspecified atom stereocenters. The van der Waals surface area contributed by atoms with Crippen molar-refractivity contribution in [1.82, 2.24) is 10.2 Å². The average molecular weight is 414 g/mol. The van der Waals surface area contributed by atoms with Gasteiger partial charge in [-0.1, -0.05) is 17.8 Å². The van der Waals surface area contributed by atoms with Crippen LogP contribution in [0.5, 0.6) is 5.75 Å². The van der Waals surface area contributed by atoms with Crippen molar-refractivity contribution >= 4 is 23.1 Å². The van der Waals surface area contributed by atoms with Crippen molar-refractivity contribution in [1.29, 1.82) is 0 Å². The molecular weight excluding hydrogens is 392 g/mol. The van der Waals surface area contributed by atoms with Crippen molar-refractivity contribution in [3.05, 3.63) is 58.6 Å². The van der Waals surface area contributed by atoms with Gasteiger partial charge in [0, 0.05) is 36.2 Å². The monoisotopic (exact) mass is 414 g/mol. The highest BCUT2D eigenvalue weighted by Crippen LogP contribution is 2.26. The number of hydrogen-bond donors (Lipinski definition) is 0. The van der Waals surface area contributed by atoms with Crippen LogP contribution in [-0.4, -0.2) is 40.6 Å². The van der Waals surface area contributed by atoms with E-state index in [0.717, 1.165) is 24.3 Å². The Kier molecular flexibility index (Phi) is 7.07. The Morgan fingerprint density at radius 3 is 2.59 bits per heavy atom. The molecule has 0 N–H and O–H groups in total.